The van der Waals surface area contributed by atoms with Gasteiger partial charge in [0.15, 0.2) is 0 Å². The molecule has 4 nitrogen and oxygen atoms in total. The standard InChI is InChI=1S/C16H24BrN3O/c17-13-5-4-9-19-15(13)14(20-18)12-6-10-21-16(11-12)7-2-1-3-8-16/h4-5,9,12,14,20H,1-3,6-8,10-11,18H2. The average molecular weight is 354 g/mol. The van der Waals surface area contributed by atoms with Crippen molar-refractivity contribution >= 4 is 15.9 Å². The van der Waals surface area contributed by atoms with Gasteiger partial charge in [0.25, 0.3) is 0 Å². The maximum Gasteiger partial charge on any atom is 0.0731 e. The van der Waals surface area contributed by atoms with E-state index >= 15 is 0 Å². The molecule has 2 aliphatic rings. The molecule has 0 radical (unpaired) electrons. The molecule has 1 spiro atoms. The van der Waals surface area contributed by atoms with Gasteiger partial charge in [-0.1, -0.05) is 19.3 Å². The molecule has 5 heteroatoms. The zero-order valence-electron chi connectivity index (χ0n) is 12.4. The molecule has 1 aliphatic heterocycles. The maximum atomic E-state index is 6.20. The minimum Gasteiger partial charge on any atom is -0.375 e. The molecule has 1 aromatic rings. The number of halogens is 1. The summed E-state index contributed by atoms with van der Waals surface area (Å²) >= 11 is 3.60. The number of hydrogen-bond donors (Lipinski definition) is 2. The molecular weight excluding hydrogens is 330 g/mol. The SMILES string of the molecule is NNC(c1ncccc1Br)C1CCOC2(CCCCC2)C1. The lowest BCUT2D eigenvalue weighted by atomic mass is 9.73. The van der Waals surface area contributed by atoms with Crippen molar-refractivity contribution in [2.45, 2.75) is 56.6 Å². The van der Waals surface area contributed by atoms with Crippen LogP contribution in [-0.2, 0) is 4.74 Å². The number of nitrogens with one attached hydrogen (secondary N) is 1. The van der Waals surface area contributed by atoms with Crippen molar-refractivity contribution in [2.24, 2.45) is 11.8 Å². The van der Waals surface area contributed by atoms with E-state index in [-0.39, 0.29) is 11.6 Å². The predicted octanol–water partition coefficient (Wildman–Crippen LogP) is 3.48. The highest BCUT2D eigenvalue weighted by molar-refractivity contribution is 9.10. The van der Waals surface area contributed by atoms with Crippen LogP contribution in [0.2, 0.25) is 0 Å². The normalized spacial score (nSPS) is 26.7. The Hall–Kier alpha value is -0.490. The summed E-state index contributed by atoms with van der Waals surface area (Å²) in [6.45, 7) is 0.841. The van der Waals surface area contributed by atoms with Crippen LogP contribution in [0.3, 0.4) is 0 Å². The predicted molar refractivity (Wildman–Crippen MR) is 86.5 cm³/mol. The van der Waals surface area contributed by atoms with Crippen LogP contribution in [0.4, 0.5) is 0 Å². The number of ether oxygens (including phenoxy) is 1. The molecule has 2 fully saturated rings. The zero-order valence-corrected chi connectivity index (χ0v) is 13.9. The van der Waals surface area contributed by atoms with Gasteiger partial charge >= 0.3 is 0 Å². The maximum absolute atomic E-state index is 6.20. The monoisotopic (exact) mass is 353 g/mol. The van der Waals surface area contributed by atoms with Crippen LogP contribution in [0.1, 0.15) is 56.7 Å². The fourth-order valence-electron chi connectivity index (χ4n) is 3.96. The van der Waals surface area contributed by atoms with E-state index in [9.17, 15) is 0 Å². The molecule has 3 rings (SSSR count). The second-order valence-electron chi connectivity index (χ2n) is 6.36. The highest BCUT2D eigenvalue weighted by Crippen LogP contribution is 2.44. The van der Waals surface area contributed by atoms with Crippen LogP contribution >= 0.6 is 15.9 Å². The number of hydrazine groups is 1. The molecule has 2 unspecified atom stereocenters. The molecule has 116 valence electrons. The Morgan fingerprint density at radius 1 is 1.38 bits per heavy atom. The number of hydrogen-bond acceptors (Lipinski definition) is 4. The molecule has 0 aromatic carbocycles. The van der Waals surface area contributed by atoms with E-state index in [1.54, 1.807) is 0 Å². The molecule has 21 heavy (non-hydrogen) atoms. The number of rotatable bonds is 3. The van der Waals surface area contributed by atoms with Gasteiger partial charge in [0.2, 0.25) is 0 Å². The van der Waals surface area contributed by atoms with Crippen molar-refractivity contribution in [1.82, 2.24) is 10.4 Å². The lowest BCUT2D eigenvalue weighted by Crippen LogP contribution is -2.46. The quantitative estimate of drug-likeness (QED) is 0.645. The molecule has 2 atom stereocenters. The van der Waals surface area contributed by atoms with Crippen LogP contribution in [-0.4, -0.2) is 17.2 Å². The van der Waals surface area contributed by atoms with Crippen molar-refractivity contribution in [3.05, 3.63) is 28.5 Å². The van der Waals surface area contributed by atoms with Gasteiger partial charge in [0.05, 0.1) is 17.3 Å². The second kappa shape index (κ2) is 6.73. The summed E-state index contributed by atoms with van der Waals surface area (Å²) < 4.78 is 7.22. The third kappa shape index (κ3) is 3.31. The van der Waals surface area contributed by atoms with Gasteiger partial charge in [-0.2, -0.15) is 0 Å². The summed E-state index contributed by atoms with van der Waals surface area (Å²) in [6.07, 6.45) is 10.3. The lowest BCUT2D eigenvalue weighted by molar-refractivity contribution is -0.122. The van der Waals surface area contributed by atoms with E-state index in [1.165, 1.54) is 32.1 Å². The largest absolute Gasteiger partial charge is 0.375 e. The topological polar surface area (TPSA) is 60.2 Å². The number of aromatic nitrogens is 1. The van der Waals surface area contributed by atoms with E-state index in [4.69, 9.17) is 10.6 Å². The number of pyridine rings is 1. The highest BCUT2D eigenvalue weighted by Gasteiger charge is 2.41. The molecule has 3 N–H and O–H groups in total. The fourth-order valence-corrected chi connectivity index (χ4v) is 4.46. The van der Waals surface area contributed by atoms with Gasteiger partial charge in [-0.05, 0) is 59.7 Å². The molecule has 1 aliphatic carbocycles. The van der Waals surface area contributed by atoms with E-state index in [0.717, 1.165) is 29.6 Å². The summed E-state index contributed by atoms with van der Waals surface area (Å²) in [5.41, 5.74) is 4.11. The van der Waals surface area contributed by atoms with Crippen molar-refractivity contribution in [2.75, 3.05) is 6.61 Å². The third-order valence-electron chi connectivity index (χ3n) is 5.03. The van der Waals surface area contributed by atoms with Gasteiger partial charge in [-0.3, -0.25) is 16.3 Å². The van der Waals surface area contributed by atoms with Gasteiger partial charge in [-0.25, -0.2) is 0 Å². The fraction of sp³-hybridized carbons (Fsp3) is 0.688. The van der Waals surface area contributed by atoms with E-state index in [0.29, 0.717) is 5.92 Å². The Morgan fingerprint density at radius 2 is 2.19 bits per heavy atom. The molecule has 1 saturated carbocycles. The average Bonchev–Trinajstić information content (AvgIpc) is 2.51. The van der Waals surface area contributed by atoms with Crippen LogP contribution in [0.15, 0.2) is 22.8 Å². The minimum atomic E-state index is 0.0864. The van der Waals surface area contributed by atoms with Crippen LogP contribution in [0, 0.1) is 5.92 Å². The molecule has 0 bridgehead atoms. The molecular formula is C16H24BrN3O. The first kappa shape index (κ1) is 15.4. The van der Waals surface area contributed by atoms with E-state index in [2.05, 4.69) is 26.3 Å². The highest BCUT2D eigenvalue weighted by atomic mass is 79.9. The molecule has 1 saturated heterocycles. The van der Waals surface area contributed by atoms with Crippen LogP contribution < -0.4 is 11.3 Å². The van der Waals surface area contributed by atoms with Crippen molar-refractivity contribution in [3.63, 3.8) is 0 Å². The van der Waals surface area contributed by atoms with Crippen LogP contribution in [0.25, 0.3) is 0 Å². The van der Waals surface area contributed by atoms with Crippen molar-refractivity contribution in [1.29, 1.82) is 0 Å². The van der Waals surface area contributed by atoms with E-state index < -0.39 is 0 Å². The zero-order chi connectivity index (χ0) is 14.7. The Kier molecular flexibility index (Phi) is 4.94. The van der Waals surface area contributed by atoms with Crippen molar-refractivity contribution in [3.8, 4) is 0 Å². The summed E-state index contributed by atoms with van der Waals surface area (Å²) in [5, 5.41) is 0. The molecule has 0 amide bonds. The van der Waals surface area contributed by atoms with Gasteiger partial charge < -0.3 is 4.74 Å². The van der Waals surface area contributed by atoms with Crippen LogP contribution in [0.5, 0.6) is 0 Å². The smallest absolute Gasteiger partial charge is 0.0731 e. The van der Waals surface area contributed by atoms with Gasteiger partial charge in [0, 0.05) is 17.3 Å². The lowest BCUT2D eigenvalue weighted by Gasteiger charge is -2.45. The van der Waals surface area contributed by atoms with Gasteiger partial charge in [-0.15, -0.1) is 0 Å². The summed E-state index contributed by atoms with van der Waals surface area (Å²) in [7, 11) is 0. The summed E-state index contributed by atoms with van der Waals surface area (Å²) in [5.74, 6) is 6.35. The Labute approximate surface area is 134 Å². The Bertz CT molecular complexity index is 471. The molecule has 1 aromatic heterocycles. The van der Waals surface area contributed by atoms with E-state index in [1.807, 2.05) is 18.3 Å². The minimum absolute atomic E-state index is 0.0864. The first-order chi connectivity index (χ1) is 10.2. The van der Waals surface area contributed by atoms with Crippen molar-refractivity contribution < 1.29 is 4.74 Å². The number of nitrogens with two attached hydrogens (primary N) is 1. The summed E-state index contributed by atoms with van der Waals surface area (Å²) in [4.78, 5) is 4.53. The number of nitrogens with zero attached hydrogens (tertiary/aromatic N) is 1. The first-order valence-corrected chi connectivity index (χ1v) is 8.74. The summed E-state index contributed by atoms with van der Waals surface area (Å²) in [6, 6.07) is 4.05. The first-order valence-electron chi connectivity index (χ1n) is 7.95. The second-order valence-corrected chi connectivity index (χ2v) is 7.21. The Balaban J connectivity index is 1.79. The Morgan fingerprint density at radius 3 is 2.90 bits per heavy atom. The van der Waals surface area contributed by atoms with Gasteiger partial charge in [0.1, 0.15) is 0 Å². The third-order valence-corrected chi connectivity index (χ3v) is 5.70. The molecule has 2 heterocycles.